The molecule has 0 saturated carbocycles. The highest BCUT2D eigenvalue weighted by Crippen LogP contribution is 2.22. The molecule has 0 aromatic heterocycles. The molecule has 0 heterocycles. The number of hydrogen-bond donors (Lipinski definition) is 1. The number of para-hydroxylation sites is 1. The van der Waals surface area contributed by atoms with Crippen molar-refractivity contribution in [3.8, 4) is 0 Å². The number of hydrogen-bond acceptors (Lipinski definition) is 4. The van der Waals surface area contributed by atoms with E-state index in [0.717, 1.165) is 12.3 Å². The van der Waals surface area contributed by atoms with Crippen molar-refractivity contribution in [2.75, 3.05) is 23.4 Å². The predicted octanol–water partition coefficient (Wildman–Crippen LogP) is 3.68. The van der Waals surface area contributed by atoms with E-state index in [2.05, 4.69) is 17.4 Å². The second kappa shape index (κ2) is 7.52. The highest BCUT2D eigenvalue weighted by molar-refractivity contribution is 7.99. The monoisotopic (exact) mass is 321 g/mol. The summed E-state index contributed by atoms with van der Waals surface area (Å²) in [5, 5.41) is 3.22. The fourth-order valence-electron chi connectivity index (χ4n) is 1.91. The second-order valence-electron chi connectivity index (χ2n) is 4.49. The minimum Gasteiger partial charge on any atom is -0.383 e. The van der Waals surface area contributed by atoms with Gasteiger partial charge in [-0.2, -0.15) is 0 Å². The maximum atomic E-state index is 12.0. The zero-order chi connectivity index (χ0) is 15.1. The fraction of sp³-hybridized carbons (Fsp3) is 0.250. The first-order chi connectivity index (χ1) is 10.1. The third kappa shape index (κ3) is 4.51. The summed E-state index contributed by atoms with van der Waals surface area (Å²) in [5.74, 6) is 0.995. The van der Waals surface area contributed by atoms with Crippen LogP contribution in [0.25, 0.3) is 0 Å². The molecule has 2 aromatic rings. The molecule has 1 N–H and O–H groups in total. The number of nitrogens with one attached hydrogen (secondary N) is 1. The van der Waals surface area contributed by atoms with Crippen molar-refractivity contribution in [3.63, 3.8) is 0 Å². The maximum Gasteiger partial charge on any atom is 0.180 e. The van der Waals surface area contributed by atoms with E-state index in [9.17, 15) is 8.42 Å². The summed E-state index contributed by atoms with van der Waals surface area (Å²) in [6, 6.07) is 17.2. The molecule has 5 heteroatoms. The zero-order valence-electron chi connectivity index (χ0n) is 12.0. The number of sulfone groups is 1. The van der Waals surface area contributed by atoms with Gasteiger partial charge in [0.1, 0.15) is 0 Å². The van der Waals surface area contributed by atoms with Gasteiger partial charge in [-0.3, -0.25) is 0 Å². The Morgan fingerprint density at radius 2 is 1.67 bits per heavy atom. The highest BCUT2D eigenvalue weighted by atomic mass is 32.2. The minimum absolute atomic E-state index is 0.116. The lowest BCUT2D eigenvalue weighted by molar-refractivity contribution is 0.597. The van der Waals surface area contributed by atoms with Crippen molar-refractivity contribution in [2.45, 2.75) is 16.7 Å². The Bertz CT molecular complexity index is 670. The molecule has 0 unspecified atom stereocenters. The number of rotatable bonds is 7. The van der Waals surface area contributed by atoms with Gasteiger partial charge in [0.2, 0.25) is 0 Å². The van der Waals surface area contributed by atoms with Gasteiger partial charge >= 0.3 is 0 Å². The van der Waals surface area contributed by atoms with E-state index >= 15 is 0 Å². The van der Waals surface area contributed by atoms with Crippen LogP contribution < -0.4 is 5.32 Å². The Morgan fingerprint density at radius 1 is 1.00 bits per heavy atom. The molecule has 2 rings (SSSR count). The van der Waals surface area contributed by atoms with E-state index in [1.54, 1.807) is 30.8 Å². The SMILES string of the molecule is CCS(=O)(=O)c1ccccc1NCCSc1ccccc1. The molecule has 112 valence electrons. The van der Waals surface area contributed by atoms with Crippen LogP contribution in [0.3, 0.4) is 0 Å². The predicted molar refractivity (Wildman–Crippen MR) is 89.8 cm³/mol. The molecular weight excluding hydrogens is 302 g/mol. The van der Waals surface area contributed by atoms with Crippen LogP contribution in [0.1, 0.15) is 6.92 Å². The largest absolute Gasteiger partial charge is 0.383 e. The fourth-order valence-corrected chi connectivity index (χ4v) is 3.77. The first kappa shape index (κ1) is 15.9. The molecule has 0 aliphatic rings. The van der Waals surface area contributed by atoms with Crippen LogP contribution in [-0.2, 0) is 9.84 Å². The lowest BCUT2D eigenvalue weighted by Crippen LogP contribution is -2.11. The van der Waals surface area contributed by atoms with Crippen LogP contribution in [0.15, 0.2) is 64.4 Å². The molecule has 3 nitrogen and oxygen atoms in total. The molecule has 0 spiro atoms. The summed E-state index contributed by atoms with van der Waals surface area (Å²) >= 11 is 1.75. The van der Waals surface area contributed by atoms with E-state index in [1.165, 1.54) is 4.90 Å². The summed E-state index contributed by atoms with van der Waals surface area (Å²) in [7, 11) is -3.19. The Morgan fingerprint density at radius 3 is 2.38 bits per heavy atom. The van der Waals surface area contributed by atoms with Gasteiger partial charge in [-0.15, -0.1) is 11.8 Å². The van der Waals surface area contributed by atoms with Gasteiger partial charge in [0.15, 0.2) is 9.84 Å². The van der Waals surface area contributed by atoms with Gasteiger partial charge in [-0.25, -0.2) is 8.42 Å². The summed E-state index contributed by atoms with van der Waals surface area (Å²) in [4.78, 5) is 1.60. The lowest BCUT2D eigenvalue weighted by atomic mass is 10.3. The number of anilines is 1. The Labute approximate surface area is 130 Å². The van der Waals surface area contributed by atoms with Crippen molar-refractivity contribution in [3.05, 3.63) is 54.6 Å². The van der Waals surface area contributed by atoms with Gasteiger partial charge in [-0.1, -0.05) is 37.3 Å². The van der Waals surface area contributed by atoms with Crippen LogP contribution in [-0.4, -0.2) is 26.5 Å². The Balaban J connectivity index is 1.95. The van der Waals surface area contributed by atoms with Crippen LogP contribution in [0.4, 0.5) is 5.69 Å². The summed E-state index contributed by atoms with van der Waals surface area (Å²) in [5.41, 5.74) is 0.688. The first-order valence-electron chi connectivity index (χ1n) is 6.87. The maximum absolute atomic E-state index is 12.0. The average Bonchev–Trinajstić information content (AvgIpc) is 2.53. The van der Waals surface area contributed by atoms with Crippen molar-refractivity contribution < 1.29 is 8.42 Å². The minimum atomic E-state index is -3.19. The average molecular weight is 321 g/mol. The van der Waals surface area contributed by atoms with Crippen molar-refractivity contribution in [2.24, 2.45) is 0 Å². The van der Waals surface area contributed by atoms with Crippen LogP contribution in [0.5, 0.6) is 0 Å². The molecule has 2 aromatic carbocycles. The van der Waals surface area contributed by atoms with Gasteiger partial charge < -0.3 is 5.32 Å². The lowest BCUT2D eigenvalue weighted by Gasteiger charge is -2.11. The summed E-state index contributed by atoms with van der Waals surface area (Å²) in [6.45, 7) is 2.38. The van der Waals surface area contributed by atoms with Gasteiger partial charge in [0.25, 0.3) is 0 Å². The molecule has 0 fully saturated rings. The number of benzene rings is 2. The first-order valence-corrected chi connectivity index (χ1v) is 9.51. The van der Waals surface area contributed by atoms with Crippen molar-refractivity contribution >= 4 is 27.3 Å². The molecule has 21 heavy (non-hydrogen) atoms. The topological polar surface area (TPSA) is 46.2 Å². The van der Waals surface area contributed by atoms with Crippen LogP contribution in [0, 0.1) is 0 Å². The third-order valence-electron chi connectivity index (χ3n) is 3.03. The van der Waals surface area contributed by atoms with E-state index in [-0.39, 0.29) is 5.75 Å². The smallest absolute Gasteiger partial charge is 0.180 e. The summed E-state index contributed by atoms with van der Waals surface area (Å²) in [6.07, 6.45) is 0. The van der Waals surface area contributed by atoms with E-state index in [0.29, 0.717) is 10.6 Å². The van der Waals surface area contributed by atoms with Gasteiger partial charge in [0.05, 0.1) is 16.3 Å². The zero-order valence-corrected chi connectivity index (χ0v) is 13.6. The van der Waals surface area contributed by atoms with Crippen LogP contribution in [0.2, 0.25) is 0 Å². The van der Waals surface area contributed by atoms with Crippen molar-refractivity contribution in [1.29, 1.82) is 0 Å². The molecule has 0 radical (unpaired) electrons. The Hall–Kier alpha value is -1.46. The van der Waals surface area contributed by atoms with Crippen LogP contribution >= 0.6 is 11.8 Å². The van der Waals surface area contributed by atoms with Gasteiger partial charge in [0, 0.05) is 17.2 Å². The van der Waals surface area contributed by atoms with Crippen molar-refractivity contribution in [1.82, 2.24) is 0 Å². The Kier molecular flexibility index (Phi) is 5.70. The quantitative estimate of drug-likeness (QED) is 0.624. The number of thioether (sulfide) groups is 1. The van der Waals surface area contributed by atoms with E-state index < -0.39 is 9.84 Å². The molecule has 0 bridgehead atoms. The molecule has 0 atom stereocenters. The van der Waals surface area contributed by atoms with Gasteiger partial charge in [-0.05, 0) is 24.3 Å². The normalized spacial score (nSPS) is 11.3. The standard InChI is InChI=1S/C16H19NO2S2/c1-2-21(18,19)16-11-7-6-10-15(16)17-12-13-20-14-8-4-3-5-9-14/h3-11,17H,2,12-13H2,1H3. The highest BCUT2D eigenvalue weighted by Gasteiger charge is 2.15. The molecule has 0 aliphatic heterocycles. The second-order valence-corrected chi connectivity index (χ2v) is 7.90. The molecule has 0 aliphatic carbocycles. The van der Waals surface area contributed by atoms with E-state index in [1.807, 2.05) is 30.3 Å². The molecule has 0 saturated heterocycles. The third-order valence-corrected chi connectivity index (χ3v) is 5.83. The summed E-state index contributed by atoms with van der Waals surface area (Å²) < 4.78 is 24.1. The molecule has 0 amide bonds. The van der Waals surface area contributed by atoms with E-state index in [4.69, 9.17) is 0 Å². The molecular formula is C16H19NO2S2.